The van der Waals surface area contributed by atoms with Crippen LogP contribution in [0, 0.1) is 11.8 Å². The summed E-state index contributed by atoms with van der Waals surface area (Å²) in [6.07, 6.45) is 3.81. The van der Waals surface area contributed by atoms with E-state index < -0.39 is 29.6 Å². The predicted octanol–water partition coefficient (Wildman–Crippen LogP) is 6.15. The van der Waals surface area contributed by atoms with Crippen molar-refractivity contribution in [1.29, 1.82) is 0 Å². The molecule has 0 spiro atoms. The molecule has 2 saturated carbocycles. The number of ether oxygens (including phenoxy) is 1. The van der Waals surface area contributed by atoms with Crippen molar-refractivity contribution in [2.45, 2.75) is 49.5 Å². The first kappa shape index (κ1) is 22.4. The molecule has 5 rings (SSSR count). The van der Waals surface area contributed by atoms with Crippen LogP contribution >= 0.6 is 0 Å². The summed E-state index contributed by atoms with van der Waals surface area (Å²) in [5, 5.41) is 10.2. The SMILES string of the molecule is O=C(O)[C@H]1[C@H](c2ccccc2)[C@H](C(=O)OC2CCCC[C@H]2c2ccccc2)[C@H]1c1ccccc1. The molecule has 34 heavy (non-hydrogen) atoms. The molecule has 4 atom stereocenters. The van der Waals surface area contributed by atoms with Gasteiger partial charge in [-0.15, -0.1) is 0 Å². The van der Waals surface area contributed by atoms with Crippen LogP contribution < -0.4 is 0 Å². The Bertz CT molecular complexity index is 1060. The van der Waals surface area contributed by atoms with Crippen LogP contribution in [0.3, 0.4) is 0 Å². The van der Waals surface area contributed by atoms with Crippen LogP contribution in [0.4, 0.5) is 0 Å². The van der Waals surface area contributed by atoms with Crippen LogP contribution in [-0.2, 0) is 14.3 Å². The molecular formula is C30H30O4. The largest absolute Gasteiger partial charge is 0.481 e. The number of esters is 1. The monoisotopic (exact) mass is 454 g/mol. The van der Waals surface area contributed by atoms with Gasteiger partial charge in [0.2, 0.25) is 0 Å². The highest BCUT2D eigenvalue weighted by atomic mass is 16.5. The molecule has 0 bridgehead atoms. The molecule has 1 N–H and O–H groups in total. The predicted molar refractivity (Wildman–Crippen MR) is 131 cm³/mol. The van der Waals surface area contributed by atoms with Crippen molar-refractivity contribution in [3.8, 4) is 0 Å². The maximum atomic E-state index is 13.8. The van der Waals surface area contributed by atoms with Crippen molar-refractivity contribution in [2.24, 2.45) is 11.8 Å². The minimum Gasteiger partial charge on any atom is -0.481 e. The van der Waals surface area contributed by atoms with E-state index in [4.69, 9.17) is 4.74 Å². The van der Waals surface area contributed by atoms with Gasteiger partial charge in [-0.25, -0.2) is 0 Å². The average Bonchev–Trinajstić information content (AvgIpc) is 2.85. The van der Waals surface area contributed by atoms with E-state index in [2.05, 4.69) is 12.1 Å². The fourth-order valence-electron chi connectivity index (χ4n) is 6.08. The zero-order valence-electron chi connectivity index (χ0n) is 19.1. The number of aliphatic carboxylic acids is 1. The molecule has 1 unspecified atom stereocenters. The quantitative estimate of drug-likeness (QED) is 0.454. The van der Waals surface area contributed by atoms with Crippen molar-refractivity contribution in [2.75, 3.05) is 0 Å². The van der Waals surface area contributed by atoms with Gasteiger partial charge in [-0.2, -0.15) is 0 Å². The van der Waals surface area contributed by atoms with Crippen LogP contribution in [0.15, 0.2) is 91.0 Å². The van der Waals surface area contributed by atoms with Gasteiger partial charge in [0, 0.05) is 17.8 Å². The normalized spacial score (nSPS) is 28.5. The number of hydrogen-bond donors (Lipinski definition) is 1. The fraction of sp³-hybridized carbons (Fsp3) is 0.333. The van der Waals surface area contributed by atoms with Gasteiger partial charge in [0.25, 0.3) is 0 Å². The molecule has 0 heterocycles. The molecule has 0 aromatic heterocycles. The van der Waals surface area contributed by atoms with Crippen molar-refractivity contribution < 1.29 is 19.4 Å². The number of benzene rings is 3. The summed E-state index contributed by atoms with van der Waals surface area (Å²) in [6.45, 7) is 0. The van der Waals surface area contributed by atoms with Gasteiger partial charge in [-0.3, -0.25) is 9.59 Å². The first-order valence-electron chi connectivity index (χ1n) is 12.2. The van der Waals surface area contributed by atoms with E-state index in [0.29, 0.717) is 0 Å². The summed E-state index contributed by atoms with van der Waals surface area (Å²) in [7, 11) is 0. The molecule has 0 amide bonds. The summed E-state index contributed by atoms with van der Waals surface area (Å²) in [4.78, 5) is 26.2. The van der Waals surface area contributed by atoms with Crippen molar-refractivity contribution in [3.63, 3.8) is 0 Å². The molecule has 3 aromatic rings. The topological polar surface area (TPSA) is 63.6 Å². The van der Waals surface area contributed by atoms with E-state index >= 15 is 0 Å². The fourth-order valence-corrected chi connectivity index (χ4v) is 6.08. The van der Waals surface area contributed by atoms with Crippen molar-refractivity contribution >= 4 is 11.9 Å². The summed E-state index contributed by atoms with van der Waals surface area (Å²) in [5.74, 6) is -2.97. The van der Waals surface area contributed by atoms with E-state index in [1.165, 1.54) is 5.56 Å². The number of carboxylic acids is 1. The third-order valence-electron chi connectivity index (χ3n) is 7.67. The highest BCUT2D eigenvalue weighted by Crippen LogP contribution is 2.58. The molecule has 2 fully saturated rings. The van der Waals surface area contributed by atoms with Crippen LogP contribution in [-0.4, -0.2) is 23.1 Å². The van der Waals surface area contributed by atoms with Crippen LogP contribution in [0.5, 0.6) is 0 Å². The molecule has 0 saturated heterocycles. The Balaban J connectivity index is 1.46. The number of carbonyl (C=O) groups is 2. The minimum absolute atomic E-state index is 0.180. The molecule has 4 heteroatoms. The van der Waals surface area contributed by atoms with E-state index in [0.717, 1.165) is 36.8 Å². The molecule has 2 aliphatic rings. The smallest absolute Gasteiger partial charge is 0.310 e. The standard InChI is InChI=1S/C30H30O4/c31-29(32)27-25(21-14-6-2-7-15-21)28(26(27)22-16-8-3-9-17-22)30(33)34-24-19-11-10-18-23(24)20-12-4-1-5-13-20/h1-9,12-17,23-28H,10-11,18-19H2,(H,31,32)/t23-,24?,25-,26-,27-,28-/m0/s1. The number of hydrogen-bond acceptors (Lipinski definition) is 3. The van der Waals surface area contributed by atoms with Gasteiger partial charge in [-0.1, -0.05) is 97.4 Å². The Hall–Kier alpha value is -3.40. The number of carboxylic acid groups (broad SMARTS) is 1. The third-order valence-corrected chi connectivity index (χ3v) is 7.67. The zero-order chi connectivity index (χ0) is 23.5. The summed E-state index contributed by atoms with van der Waals surface area (Å²) >= 11 is 0. The molecule has 174 valence electrons. The summed E-state index contributed by atoms with van der Waals surface area (Å²) in [5.41, 5.74) is 2.97. The van der Waals surface area contributed by atoms with Crippen LogP contribution in [0.25, 0.3) is 0 Å². The lowest BCUT2D eigenvalue weighted by Crippen LogP contribution is -2.52. The van der Waals surface area contributed by atoms with Gasteiger partial charge in [0.05, 0.1) is 11.8 Å². The Morgan fingerprint density at radius 1 is 0.647 bits per heavy atom. The van der Waals surface area contributed by atoms with Crippen LogP contribution in [0.1, 0.15) is 60.1 Å². The maximum absolute atomic E-state index is 13.8. The van der Waals surface area contributed by atoms with Gasteiger partial charge >= 0.3 is 11.9 Å². The van der Waals surface area contributed by atoms with E-state index in [9.17, 15) is 14.7 Å². The van der Waals surface area contributed by atoms with Crippen molar-refractivity contribution in [1.82, 2.24) is 0 Å². The molecule has 0 aliphatic heterocycles. The molecular weight excluding hydrogens is 424 g/mol. The lowest BCUT2D eigenvalue weighted by Gasteiger charge is -2.49. The second-order valence-electron chi connectivity index (χ2n) is 9.54. The number of carbonyl (C=O) groups excluding carboxylic acids is 1. The van der Waals surface area contributed by atoms with E-state index in [1.54, 1.807) is 0 Å². The van der Waals surface area contributed by atoms with E-state index in [-0.39, 0.29) is 18.0 Å². The summed E-state index contributed by atoms with van der Waals surface area (Å²) in [6, 6.07) is 29.4. The highest BCUT2D eigenvalue weighted by molar-refractivity contribution is 5.84. The zero-order valence-corrected chi connectivity index (χ0v) is 19.1. The van der Waals surface area contributed by atoms with Gasteiger partial charge in [0.1, 0.15) is 6.10 Å². The van der Waals surface area contributed by atoms with E-state index in [1.807, 2.05) is 78.9 Å². The molecule has 4 nitrogen and oxygen atoms in total. The number of rotatable bonds is 6. The van der Waals surface area contributed by atoms with Gasteiger partial charge in [-0.05, 0) is 36.0 Å². The van der Waals surface area contributed by atoms with Crippen LogP contribution in [0.2, 0.25) is 0 Å². The highest BCUT2D eigenvalue weighted by Gasteiger charge is 2.59. The third kappa shape index (κ3) is 4.25. The van der Waals surface area contributed by atoms with Crippen molar-refractivity contribution in [3.05, 3.63) is 108 Å². The maximum Gasteiger partial charge on any atom is 0.310 e. The molecule has 2 aliphatic carbocycles. The average molecular weight is 455 g/mol. The second kappa shape index (κ2) is 9.84. The lowest BCUT2D eigenvalue weighted by molar-refractivity contribution is -0.170. The first-order chi connectivity index (χ1) is 16.6. The van der Waals surface area contributed by atoms with Gasteiger partial charge in [0.15, 0.2) is 0 Å². The first-order valence-corrected chi connectivity index (χ1v) is 12.2. The Kier molecular flexibility index (Phi) is 6.48. The van der Waals surface area contributed by atoms with Gasteiger partial charge < -0.3 is 9.84 Å². The Morgan fingerprint density at radius 2 is 1.12 bits per heavy atom. The minimum atomic E-state index is -0.869. The lowest BCUT2D eigenvalue weighted by atomic mass is 9.52. The summed E-state index contributed by atoms with van der Waals surface area (Å²) < 4.78 is 6.26. The Labute approximate surface area is 200 Å². The second-order valence-corrected chi connectivity index (χ2v) is 9.54. The molecule has 0 radical (unpaired) electrons. The molecule has 3 aromatic carbocycles. The Morgan fingerprint density at radius 3 is 1.62 bits per heavy atom.